The summed E-state index contributed by atoms with van der Waals surface area (Å²) in [7, 11) is 1.33. The highest BCUT2D eigenvalue weighted by Gasteiger charge is 2.64. The van der Waals surface area contributed by atoms with Crippen molar-refractivity contribution in [1.29, 1.82) is 0 Å². The van der Waals surface area contributed by atoms with Gasteiger partial charge >= 0.3 is 12.2 Å². The molecule has 3 N–H and O–H groups in total. The average Bonchev–Trinajstić information content (AvgIpc) is 3.57. The molecule has 2 aromatic heterocycles. The van der Waals surface area contributed by atoms with E-state index in [1.54, 1.807) is 0 Å². The third-order valence-corrected chi connectivity index (χ3v) is 11.6. The van der Waals surface area contributed by atoms with Crippen LogP contribution in [0.15, 0.2) is 24.3 Å². The van der Waals surface area contributed by atoms with Crippen molar-refractivity contribution in [2.24, 2.45) is 5.41 Å². The number of likely N-dealkylation sites (tertiary alicyclic amines) is 1. The van der Waals surface area contributed by atoms with Gasteiger partial charge in [0.2, 0.25) is 5.88 Å². The minimum Gasteiger partial charge on any atom is -0.508 e. The first-order valence-corrected chi connectivity index (χ1v) is 18.2. The van der Waals surface area contributed by atoms with Gasteiger partial charge in [0, 0.05) is 47.8 Å². The number of hydrogen-bond donors (Lipinski definition) is 3. The number of terminal acetylenes is 1. The number of ether oxygens (including phenoxy) is 2. The number of piperidine rings is 1. The lowest BCUT2D eigenvalue weighted by molar-refractivity contribution is -0.303. The van der Waals surface area contributed by atoms with Crippen LogP contribution >= 0.6 is 0 Å². The van der Waals surface area contributed by atoms with Gasteiger partial charge in [0.15, 0.2) is 17.2 Å². The van der Waals surface area contributed by atoms with Crippen molar-refractivity contribution in [2.75, 3.05) is 38.4 Å². The predicted molar refractivity (Wildman–Crippen MR) is 191 cm³/mol. The van der Waals surface area contributed by atoms with Crippen LogP contribution in [0.25, 0.3) is 32.9 Å². The van der Waals surface area contributed by atoms with Gasteiger partial charge in [0.05, 0.1) is 19.3 Å². The highest BCUT2D eigenvalue weighted by molar-refractivity contribution is 6.04. The van der Waals surface area contributed by atoms with Crippen molar-refractivity contribution in [1.82, 2.24) is 19.9 Å². The monoisotopic (exact) mass is 755 g/mol. The van der Waals surface area contributed by atoms with Crippen molar-refractivity contribution in [3.05, 3.63) is 41.5 Å². The fraction of sp³-hybridized carbons (Fsp3) is 0.513. The summed E-state index contributed by atoms with van der Waals surface area (Å²) >= 11 is 0. The molecule has 288 valence electrons. The van der Waals surface area contributed by atoms with Crippen molar-refractivity contribution in [3.8, 4) is 41.2 Å². The van der Waals surface area contributed by atoms with Crippen molar-refractivity contribution < 1.29 is 46.7 Å². The molecule has 15 heteroatoms. The molecule has 0 bridgehead atoms. The Morgan fingerprint density at radius 3 is 2.54 bits per heavy atom. The van der Waals surface area contributed by atoms with Crippen LogP contribution in [0.2, 0.25) is 0 Å². The highest BCUT2D eigenvalue weighted by atomic mass is 19.4. The Bertz CT molecular complexity index is 2120. The second-order valence-electron chi connectivity index (χ2n) is 14.7. The first-order chi connectivity index (χ1) is 25.8. The Morgan fingerprint density at radius 1 is 1.09 bits per heavy atom. The Kier molecular flexibility index (Phi) is 9.99. The number of anilines is 1. The summed E-state index contributed by atoms with van der Waals surface area (Å²) in [5, 5.41) is 31.9. The topological polar surface area (TPSA) is 124 Å². The maximum atomic E-state index is 17.1. The van der Waals surface area contributed by atoms with Gasteiger partial charge in [-0.05, 0) is 62.2 Å². The fourth-order valence-corrected chi connectivity index (χ4v) is 8.84. The standard InChI is InChI=1S/C39H42F5N5O5/c1-4-6-14-48(21-50)34-30-33(31(41)32(45-35(30)53-3)26-17-24(51)16-22-10-11-27(40)25(5-2)29(22)26)46-36(47-34)54-20-37-12-7-9-28(37)49(15-8-13-37)23-18-38(52,19-23)39(42,43)44/h2,10-11,16-17,23,28,50-52H,4,6-9,12-15,18-21H2,1,3H3. The smallest absolute Gasteiger partial charge is 0.417 e. The number of fused-ring (bicyclic) bond motifs is 3. The number of nitrogens with zero attached hydrogens (tertiary/aromatic N) is 5. The average molecular weight is 756 g/mol. The second kappa shape index (κ2) is 14.3. The normalized spacial score (nSPS) is 24.3. The number of aliphatic hydroxyl groups is 2. The Morgan fingerprint density at radius 2 is 1.85 bits per heavy atom. The Balaban J connectivity index is 1.32. The zero-order valence-corrected chi connectivity index (χ0v) is 30.0. The number of phenols is 1. The number of phenolic OH excluding ortho intramolecular Hbond substituents is 1. The number of alkyl halides is 3. The summed E-state index contributed by atoms with van der Waals surface area (Å²) in [6.07, 6.45) is 5.48. The SMILES string of the molecule is C#Cc1c(F)ccc2cc(O)cc(-c3nc(OC)c4c(N(CO)CCCC)nc(OCC56CCCC5N(C5CC(O)(C(F)(F)F)C5)CCC6)nc4c3F)c12. The molecular formula is C39H42F5N5O5. The molecule has 2 saturated carbocycles. The van der Waals surface area contributed by atoms with Gasteiger partial charge in [-0.15, -0.1) is 6.42 Å². The molecule has 0 spiro atoms. The molecule has 0 radical (unpaired) electrons. The van der Waals surface area contributed by atoms with E-state index in [0.29, 0.717) is 24.9 Å². The number of aromatic hydroxyl groups is 1. The van der Waals surface area contributed by atoms with Gasteiger partial charge in [0.1, 0.15) is 34.9 Å². The maximum absolute atomic E-state index is 17.1. The lowest BCUT2D eigenvalue weighted by atomic mass is 9.69. The molecule has 4 aromatic rings. The van der Waals surface area contributed by atoms with E-state index < -0.39 is 41.6 Å². The van der Waals surface area contributed by atoms with Crippen molar-refractivity contribution in [2.45, 2.75) is 88.6 Å². The summed E-state index contributed by atoms with van der Waals surface area (Å²) in [5.74, 6) is 0.383. The van der Waals surface area contributed by atoms with E-state index in [-0.39, 0.29) is 82.1 Å². The van der Waals surface area contributed by atoms with Crippen LogP contribution in [-0.4, -0.2) is 92.6 Å². The summed E-state index contributed by atoms with van der Waals surface area (Å²) in [6.45, 7) is 2.52. The van der Waals surface area contributed by atoms with Crippen LogP contribution in [0.5, 0.6) is 17.6 Å². The van der Waals surface area contributed by atoms with E-state index in [0.717, 1.165) is 44.6 Å². The summed E-state index contributed by atoms with van der Waals surface area (Å²) in [6, 6.07) is 4.46. The van der Waals surface area contributed by atoms with Gasteiger partial charge in [0.25, 0.3) is 0 Å². The molecule has 2 aliphatic carbocycles. The van der Waals surface area contributed by atoms with Crippen LogP contribution in [0.3, 0.4) is 0 Å². The Labute approximate surface area is 308 Å². The first kappa shape index (κ1) is 37.8. The number of aromatic nitrogens is 3. The number of pyridine rings is 1. The maximum Gasteiger partial charge on any atom is 0.417 e. The summed E-state index contributed by atoms with van der Waals surface area (Å²) in [4.78, 5) is 17.3. The van der Waals surface area contributed by atoms with E-state index in [1.165, 1.54) is 30.2 Å². The molecule has 10 nitrogen and oxygen atoms in total. The summed E-state index contributed by atoms with van der Waals surface area (Å²) in [5.41, 5.74) is -3.90. The van der Waals surface area contributed by atoms with Crippen LogP contribution in [0.4, 0.5) is 27.8 Å². The molecular weight excluding hydrogens is 713 g/mol. The van der Waals surface area contributed by atoms with E-state index >= 15 is 4.39 Å². The molecule has 2 atom stereocenters. The number of halogens is 5. The zero-order valence-electron chi connectivity index (χ0n) is 30.0. The van der Waals surface area contributed by atoms with Gasteiger partial charge < -0.3 is 29.7 Å². The molecule has 2 aromatic carbocycles. The molecule has 3 heterocycles. The van der Waals surface area contributed by atoms with Crippen LogP contribution in [0, 0.1) is 29.4 Å². The quantitative estimate of drug-likeness (QED) is 0.0852. The Hall–Kier alpha value is -4.52. The van der Waals surface area contributed by atoms with E-state index in [1.807, 2.05) is 6.92 Å². The third-order valence-electron chi connectivity index (χ3n) is 11.6. The number of aliphatic hydroxyl groups excluding tert-OH is 1. The van der Waals surface area contributed by atoms with Crippen molar-refractivity contribution in [3.63, 3.8) is 0 Å². The minimum absolute atomic E-state index is 0.00817. The molecule has 7 rings (SSSR count). The van der Waals surface area contributed by atoms with Crippen LogP contribution < -0.4 is 14.4 Å². The van der Waals surface area contributed by atoms with Gasteiger partial charge in [-0.1, -0.05) is 31.8 Å². The number of unbranched alkanes of at least 4 members (excludes halogenated alkanes) is 1. The fourth-order valence-electron chi connectivity index (χ4n) is 8.84. The van der Waals surface area contributed by atoms with Crippen molar-refractivity contribution >= 4 is 27.5 Å². The molecule has 1 saturated heterocycles. The molecule has 1 aliphatic heterocycles. The van der Waals surface area contributed by atoms with Crippen LogP contribution in [-0.2, 0) is 0 Å². The molecule has 2 unspecified atom stereocenters. The molecule has 0 amide bonds. The number of rotatable bonds is 11. The van der Waals surface area contributed by atoms with Gasteiger partial charge in [-0.2, -0.15) is 23.1 Å². The summed E-state index contributed by atoms with van der Waals surface area (Å²) < 4.78 is 84.7. The largest absolute Gasteiger partial charge is 0.508 e. The highest BCUT2D eigenvalue weighted by Crippen LogP contribution is 2.54. The van der Waals surface area contributed by atoms with E-state index in [9.17, 15) is 32.9 Å². The second-order valence-corrected chi connectivity index (χ2v) is 14.7. The first-order valence-electron chi connectivity index (χ1n) is 18.2. The molecule has 54 heavy (non-hydrogen) atoms. The number of benzene rings is 2. The minimum atomic E-state index is -4.69. The van der Waals surface area contributed by atoms with E-state index in [4.69, 9.17) is 15.9 Å². The van der Waals surface area contributed by atoms with Gasteiger partial charge in [-0.3, -0.25) is 4.90 Å². The zero-order chi connectivity index (χ0) is 38.6. The number of methoxy groups -OCH3 is 1. The molecule has 3 aliphatic rings. The van der Waals surface area contributed by atoms with Crippen LogP contribution in [0.1, 0.15) is 70.3 Å². The lowest BCUT2D eigenvalue weighted by Gasteiger charge is -2.55. The number of hydrogen-bond acceptors (Lipinski definition) is 10. The van der Waals surface area contributed by atoms with E-state index in [2.05, 4.69) is 25.8 Å². The van der Waals surface area contributed by atoms with Gasteiger partial charge in [-0.25, -0.2) is 13.8 Å². The lowest BCUT2D eigenvalue weighted by Crippen LogP contribution is -2.66. The predicted octanol–water partition coefficient (Wildman–Crippen LogP) is 6.84. The third kappa shape index (κ3) is 6.31. The molecule has 3 fully saturated rings.